The van der Waals surface area contributed by atoms with E-state index in [0.717, 1.165) is 5.56 Å². The number of esters is 1. The van der Waals surface area contributed by atoms with E-state index >= 15 is 0 Å². The Labute approximate surface area is 178 Å². The fourth-order valence-corrected chi connectivity index (χ4v) is 9.75. The van der Waals surface area contributed by atoms with Crippen LogP contribution < -0.4 is 15.6 Å². The maximum Gasteiger partial charge on any atom is 0.311 e. The zero-order chi connectivity index (χ0) is 20.8. The molecule has 0 saturated heterocycles. The molecule has 30 heavy (non-hydrogen) atoms. The molecule has 0 amide bonds. The van der Waals surface area contributed by atoms with Crippen molar-refractivity contribution in [3.63, 3.8) is 0 Å². The Morgan fingerprint density at radius 1 is 0.600 bits per heavy atom. The van der Waals surface area contributed by atoms with Crippen LogP contribution in [0.15, 0.2) is 121 Å². The van der Waals surface area contributed by atoms with E-state index in [0.29, 0.717) is 0 Å². The second kappa shape index (κ2) is 8.93. The number of carbonyl (C=O) groups excluding carboxylic acids is 1. The van der Waals surface area contributed by atoms with Gasteiger partial charge < -0.3 is 4.74 Å². The minimum Gasteiger partial charge on any atom is -0.469 e. The monoisotopic (exact) mass is 408 g/mol. The van der Waals surface area contributed by atoms with Crippen LogP contribution in [0.4, 0.5) is 0 Å². The minimum atomic E-state index is -2.85. The van der Waals surface area contributed by atoms with Gasteiger partial charge in [-0.25, -0.2) is 0 Å². The van der Waals surface area contributed by atoms with Crippen molar-refractivity contribution in [3.05, 3.63) is 127 Å². The summed E-state index contributed by atoms with van der Waals surface area (Å²) in [5.74, 6) is -0.204. The lowest BCUT2D eigenvalue weighted by Gasteiger charge is -2.39. The van der Waals surface area contributed by atoms with Gasteiger partial charge in [0.05, 0.1) is 12.7 Å². The highest BCUT2D eigenvalue weighted by Gasteiger charge is 2.51. The molecule has 0 unspecified atom stereocenters. The maximum absolute atomic E-state index is 13.5. The van der Waals surface area contributed by atoms with Crippen molar-refractivity contribution < 1.29 is 9.53 Å². The second-order valence-electron chi connectivity index (χ2n) is 7.27. The molecule has 0 aromatic heterocycles. The predicted octanol–water partition coefficient (Wildman–Crippen LogP) is 3.65. The summed E-state index contributed by atoms with van der Waals surface area (Å²) in [4.78, 5) is 13.5. The quantitative estimate of drug-likeness (QED) is 0.277. The van der Waals surface area contributed by atoms with Crippen LogP contribution in [0.1, 0.15) is 11.1 Å². The van der Waals surface area contributed by atoms with Crippen molar-refractivity contribution in [2.75, 3.05) is 7.11 Å². The third-order valence-electron chi connectivity index (χ3n) is 5.69. The van der Waals surface area contributed by atoms with E-state index in [1.54, 1.807) is 0 Å². The summed E-state index contributed by atoms with van der Waals surface area (Å²) >= 11 is 0. The number of ether oxygens (including phenoxy) is 1. The molecule has 0 saturated carbocycles. The van der Waals surface area contributed by atoms with E-state index in [1.165, 1.54) is 22.7 Å². The summed E-state index contributed by atoms with van der Waals surface area (Å²) in [6.45, 7) is 0. The van der Waals surface area contributed by atoms with Gasteiger partial charge in [-0.3, -0.25) is 4.79 Å². The van der Waals surface area contributed by atoms with E-state index in [9.17, 15) is 4.79 Å². The van der Waals surface area contributed by atoms with Crippen LogP contribution in [-0.2, 0) is 9.53 Å². The lowest BCUT2D eigenvalue weighted by atomic mass is 10.1. The van der Waals surface area contributed by atoms with E-state index in [1.807, 2.05) is 48.5 Å². The fraction of sp³-hybridized carbons (Fsp3) is 0.0741. The summed E-state index contributed by atoms with van der Waals surface area (Å²) in [6.07, 6.45) is 0. The molecule has 1 atom stereocenters. The van der Waals surface area contributed by atoms with Gasteiger partial charge >= 0.3 is 5.97 Å². The summed E-state index contributed by atoms with van der Waals surface area (Å²) < 4.78 is 5.43. The van der Waals surface area contributed by atoms with Gasteiger partial charge in [-0.1, -0.05) is 121 Å². The van der Waals surface area contributed by atoms with Crippen LogP contribution >= 0.6 is 0 Å². The van der Waals surface area contributed by atoms with Crippen LogP contribution in [0.2, 0.25) is 0 Å². The van der Waals surface area contributed by atoms with Crippen molar-refractivity contribution >= 4 is 29.6 Å². The number of benzene rings is 4. The highest BCUT2D eigenvalue weighted by atomic mass is 28.3. The van der Waals surface area contributed by atoms with E-state index < -0.39 is 13.6 Å². The molecule has 3 heteroatoms. The molecule has 0 bridgehead atoms. The van der Waals surface area contributed by atoms with Gasteiger partial charge in [-0.2, -0.15) is 0 Å². The molecule has 4 aromatic carbocycles. The highest BCUT2D eigenvalue weighted by molar-refractivity contribution is 7.13. The zero-order valence-electron chi connectivity index (χ0n) is 16.9. The minimum absolute atomic E-state index is 0.204. The molecular formula is C27H24O2Si. The molecular weight excluding hydrogens is 384 g/mol. The van der Waals surface area contributed by atoms with Crippen molar-refractivity contribution in [1.82, 2.24) is 0 Å². The first kappa shape index (κ1) is 19.9. The number of hydrogen-bond acceptors (Lipinski definition) is 2. The van der Waals surface area contributed by atoms with Crippen LogP contribution in [0.3, 0.4) is 0 Å². The fourth-order valence-electron chi connectivity index (χ4n) is 4.43. The van der Waals surface area contributed by atoms with Crippen LogP contribution in [-0.4, -0.2) is 21.2 Å². The highest BCUT2D eigenvalue weighted by Crippen LogP contribution is 2.29. The van der Waals surface area contributed by atoms with Crippen LogP contribution in [0.5, 0.6) is 0 Å². The molecule has 0 aliphatic rings. The van der Waals surface area contributed by atoms with E-state index in [4.69, 9.17) is 4.74 Å². The normalized spacial score (nSPS) is 12.2. The number of hydrogen-bond donors (Lipinski definition) is 0. The van der Waals surface area contributed by atoms with Crippen molar-refractivity contribution in [2.24, 2.45) is 0 Å². The first-order valence-electron chi connectivity index (χ1n) is 10.1. The average molecular weight is 409 g/mol. The largest absolute Gasteiger partial charge is 0.469 e. The number of rotatable bonds is 6. The number of methoxy groups -OCH3 is 1. The van der Waals surface area contributed by atoms with Gasteiger partial charge in [0.1, 0.15) is 0 Å². The van der Waals surface area contributed by atoms with Gasteiger partial charge in [0.2, 0.25) is 0 Å². The SMILES string of the molecule is COC(=O)[C@H](c1ccccc1)[Si](c1ccccc1)(c1ccccc1)c1ccccc1. The average Bonchev–Trinajstić information content (AvgIpc) is 2.84. The molecule has 148 valence electrons. The van der Waals surface area contributed by atoms with Crippen LogP contribution in [0, 0.1) is 0 Å². The van der Waals surface area contributed by atoms with Gasteiger partial charge in [0, 0.05) is 0 Å². The molecule has 0 N–H and O–H groups in total. The van der Waals surface area contributed by atoms with Crippen molar-refractivity contribution in [3.8, 4) is 0 Å². The van der Waals surface area contributed by atoms with Gasteiger partial charge in [-0.05, 0) is 21.1 Å². The molecule has 4 rings (SSSR count). The molecule has 0 spiro atoms. The topological polar surface area (TPSA) is 26.3 Å². The molecule has 0 radical (unpaired) electrons. The zero-order valence-corrected chi connectivity index (χ0v) is 17.9. The second-order valence-corrected chi connectivity index (χ2v) is 11.2. The molecule has 0 aliphatic carbocycles. The van der Waals surface area contributed by atoms with E-state index in [-0.39, 0.29) is 5.97 Å². The Morgan fingerprint density at radius 2 is 0.933 bits per heavy atom. The lowest BCUT2D eigenvalue weighted by Crippen LogP contribution is -2.72. The third kappa shape index (κ3) is 3.49. The molecule has 0 fully saturated rings. The Bertz CT molecular complexity index is 984. The van der Waals surface area contributed by atoms with Crippen molar-refractivity contribution in [1.29, 1.82) is 0 Å². The smallest absolute Gasteiger partial charge is 0.311 e. The Kier molecular flexibility index (Phi) is 5.91. The first-order valence-corrected chi connectivity index (χ1v) is 12.2. The molecule has 2 nitrogen and oxygen atoms in total. The maximum atomic E-state index is 13.5. The Morgan fingerprint density at radius 3 is 1.27 bits per heavy atom. The molecule has 0 heterocycles. The summed E-state index contributed by atoms with van der Waals surface area (Å²) in [5, 5.41) is 3.55. The molecule has 4 aromatic rings. The Hall–Kier alpha value is -3.43. The summed E-state index contributed by atoms with van der Waals surface area (Å²) in [5.41, 5.74) is 0.559. The lowest BCUT2D eigenvalue weighted by molar-refractivity contribution is -0.140. The summed E-state index contributed by atoms with van der Waals surface area (Å²) in [7, 11) is -1.37. The first-order chi connectivity index (χ1) is 14.8. The van der Waals surface area contributed by atoms with Crippen molar-refractivity contribution in [2.45, 2.75) is 5.54 Å². The van der Waals surface area contributed by atoms with Gasteiger partial charge in [-0.15, -0.1) is 0 Å². The summed E-state index contributed by atoms with van der Waals surface area (Å²) in [6, 6.07) is 41.4. The molecule has 0 aliphatic heterocycles. The van der Waals surface area contributed by atoms with Crippen LogP contribution in [0.25, 0.3) is 0 Å². The van der Waals surface area contributed by atoms with Gasteiger partial charge in [0.15, 0.2) is 8.07 Å². The Balaban J connectivity index is 2.15. The number of carbonyl (C=O) groups is 1. The predicted molar refractivity (Wildman–Crippen MR) is 125 cm³/mol. The third-order valence-corrected chi connectivity index (χ3v) is 10.9. The van der Waals surface area contributed by atoms with Gasteiger partial charge in [0.25, 0.3) is 0 Å². The standard InChI is InChI=1S/C27H24O2Si/c1-29-27(28)26(22-14-6-2-7-15-22)30(23-16-8-3-9-17-23,24-18-10-4-11-19-24)25-20-12-5-13-21-25/h2-21,26H,1H3/t26-/m0/s1. The van der Waals surface area contributed by atoms with E-state index in [2.05, 4.69) is 72.8 Å².